The van der Waals surface area contributed by atoms with Crippen LogP contribution in [0.25, 0.3) is 211 Å². The van der Waals surface area contributed by atoms with Gasteiger partial charge in [0.1, 0.15) is 22.6 Å². The van der Waals surface area contributed by atoms with Gasteiger partial charge in [-0.05, 0) is 269 Å². The minimum atomic E-state index is 0.780. The highest BCUT2D eigenvalue weighted by molar-refractivity contribution is 6.04. The molecule has 10 heteroatoms. The predicted octanol–water partition coefficient (Wildman–Crippen LogP) is 26.6. The van der Waals surface area contributed by atoms with Crippen LogP contribution < -0.4 is 0 Å². The first-order valence-electron chi connectivity index (χ1n) is 39.4. The molecule has 0 unspecified atom stereocenters. The van der Waals surface area contributed by atoms with E-state index in [4.69, 9.17) is 29.9 Å². The molecular weight excluding hydrogens is 1410 g/mol. The standard InChI is InChI=1S/C106H72N10/c1-65-61-113-45-41-73-49-69(29-35-97(73)103(113)109-65)85-17-5-11-23-91(85)79-53-80(92-24-12-6-18-86(92)70-30-36-98-74(50-70)42-46-114-62-66(2)110-104(98)114)56-83(55-79)95-27-15-9-21-89(95)77-33-39-101(107-59-77)102-40-34-78(60-108-102)90-22-10-16-28-96(90)84-57-81(93-25-13-7-19-87(93)71-31-37-99-75(51-71)43-47-115-63-67(3)111-105(99)115)54-82(58-84)94-26-14-8-20-88(94)72-32-38-100-76(52-72)44-48-116-64-68(4)112-106(100)116/h5-64H,1-4H3. The first-order valence-corrected chi connectivity index (χ1v) is 39.4. The first-order chi connectivity index (χ1) is 57.0. The molecule has 10 aromatic heterocycles. The van der Waals surface area contributed by atoms with Crippen LogP contribution >= 0.6 is 0 Å². The quantitative estimate of drug-likeness (QED) is 0.114. The van der Waals surface area contributed by atoms with Gasteiger partial charge in [-0.25, -0.2) is 19.9 Å². The number of benzene rings is 12. The number of aryl methyl sites for hydroxylation is 4. The van der Waals surface area contributed by atoms with Gasteiger partial charge in [0.25, 0.3) is 0 Å². The van der Waals surface area contributed by atoms with E-state index < -0.39 is 0 Å². The minimum absolute atomic E-state index is 0.780. The number of pyridine rings is 6. The van der Waals surface area contributed by atoms with Crippen LogP contribution in [0.15, 0.2) is 365 Å². The molecule has 0 aliphatic rings. The molecule has 0 spiro atoms. The van der Waals surface area contributed by atoms with Gasteiger partial charge >= 0.3 is 0 Å². The summed E-state index contributed by atoms with van der Waals surface area (Å²) in [6.45, 7) is 8.19. The fourth-order valence-corrected chi connectivity index (χ4v) is 17.8. The average molecular weight is 1490 g/mol. The van der Waals surface area contributed by atoms with Gasteiger partial charge in [-0.1, -0.05) is 206 Å². The van der Waals surface area contributed by atoms with Crippen molar-refractivity contribution in [1.29, 1.82) is 0 Å². The lowest BCUT2D eigenvalue weighted by atomic mass is 9.86. The highest BCUT2D eigenvalue weighted by Gasteiger charge is 2.22. The summed E-state index contributed by atoms with van der Waals surface area (Å²) >= 11 is 0. The molecule has 0 saturated heterocycles. The lowest BCUT2D eigenvalue weighted by Gasteiger charge is -2.18. The van der Waals surface area contributed by atoms with Crippen molar-refractivity contribution in [2.45, 2.75) is 27.7 Å². The molecular formula is C106H72N10. The number of rotatable bonds is 13. The van der Waals surface area contributed by atoms with E-state index in [1.807, 2.05) is 40.1 Å². The summed E-state index contributed by atoms with van der Waals surface area (Å²) < 4.78 is 8.46. The van der Waals surface area contributed by atoms with Crippen molar-refractivity contribution in [3.63, 3.8) is 0 Å². The number of hydrogen-bond donors (Lipinski definition) is 0. The zero-order chi connectivity index (χ0) is 77.2. The highest BCUT2D eigenvalue weighted by Crippen LogP contribution is 2.47. The molecule has 10 heterocycles. The molecule has 22 rings (SSSR count). The normalized spacial score (nSPS) is 11.8. The van der Waals surface area contributed by atoms with E-state index in [-0.39, 0.29) is 0 Å². The molecule has 0 bridgehead atoms. The van der Waals surface area contributed by atoms with Crippen molar-refractivity contribution in [2.75, 3.05) is 0 Å². The summed E-state index contributed by atoms with van der Waals surface area (Å²) in [6.07, 6.45) is 20.8. The van der Waals surface area contributed by atoms with Crippen molar-refractivity contribution in [1.82, 2.24) is 47.5 Å². The van der Waals surface area contributed by atoms with Gasteiger partial charge in [0.2, 0.25) is 0 Å². The molecule has 546 valence electrons. The Morgan fingerprint density at radius 2 is 0.388 bits per heavy atom. The molecule has 0 atom stereocenters. The van der Waals surface area contributed by atoms with Crippen LogP contribution in [0.5, 0.6) is 0 Å². The van der Waals surface area contributed by atoms with E-state index in [1.54, 1.807) is 0 Å². The maximum atomic E-state index is 5.24. The van der Waals surface area contributed by atoms with Crippen LogP contribution in [-0.2, 0) is 0 Å². The summed E-state index contributed by atoms with van der Waals surface area (Å²) in [4.78, 5) is 30.1. The molecule has 0 aliphatic carbocycles. The topological polar surface area (TPSA) is 95.0 Å². The maximum Gasteiger partial charge on any atom is 0.144 e. The van der Waals surface area contributed by atoms with Crippen LogP contribution in [0, 0.1) is 27.7 Å². The maximum absolute atomic E-state index is 5.24. The van der Waals surface area contributed by atoms with E-state index >= 15 is 0 Å². The Morgan fingerprint density at radius 1 is 0.190 bits per heavy atom. The van der Waals surface area contributed by atoms with Crippen LogP contribution in [0.1, 0.15) is 22.8 Å². The Morgan fingerprint density at radius 3 is 0.595 bits per heavy atom. The summed E-state index contributed by atoms with van der Waals surface area (Å²) in [5.74, 6) is 0. The average Bonchev–Trinajstić information content (AvgIpc) is 1.27. The van der Waals surface area contributed by atoms with Crippen LogP contribution in [0.2, 0.25) is 0 Å². The van der Waals surface area contributed by atoms with E-state index in [9.17, 15) is 0 Å². The van der Waals surface area contributed by atoms with E-state index in [0.717, 1.165) is 233 Å². The summed E-state index contributed by atoms with van der Waals surface area (Å²) in [5.41, 5.74) is 35.9. The lowest BCUT2D eigenvalue weighted by molar-refractivity contribution is 1.20. The second-order valence-corrected chi connectivity index (χ2v) is 30.7. The zero-order valence-electron chi connectivity index (χ0n) is 64.1. The monoisotopic (exact) mass is 1480 g/mol. The third-order valence-corrected chi connectivity index (χ3v) is 23.2. The summed E-state index contributed by atoms with van der Waals surface area (Å²) in [7, 11) is 0. The van der Waals surface area contributed by atoms with E-state index in [1.165, 1.54) is 0 Å². The SMILES string of the molecule is Cc1cn2ccc3cc(-c4ccccc4-c4cc(-c5ccccc5-c5ccc(-c6ccc(-c7ccccc7-c7cc(-c8ccccc8-c8ccc9c(ccn%10cc(C)nc9%10)c8)cc(-c8ccccc8-c8ccc9c(ccn%10cc(C)nc9%10)c8)c7)cn6)nc5)cc(-c5ccccc5-c5ccc6c(ccn7cc(C)nc67)c5)c4)ccc3c2n1. The molecule has 0 N–H and O–H groups in total. The summed E-state index contributed by atoms with van der Waals surface area (Å²) in [5, 5.41) is 9.03. The van der Waals surface area contributed by atoms with Gasteiger partial charge in [-0.2, -0.15) is 0 Å². The Bertz CT molecular complexity index is 6940. The summed E-state index contributed by atoms with van der Waals surface area (Å²) in [6, 6.07) is 111. The highest BCUT2D eigenvalue weighted by atomic mass is 15.0. The smallest absolute Gasteiger partial charge is 0.144 e. The van der Waals surface area contributed by atoms with Crippen molar-refractivity contribution >= 4 is 65.7 Å². The van der Waals surface area contributed by atoms with E-state index in [0.29, 0.717) is 0 Å². The van der Waals surface area contributed by atoms with Crippen LogP contribution in [-0.4, -0.2) is 47.5 Å². The number of hydrogen-bond acceptors (Lipinski definition) is 6. The Labute approximate surface area is 669 Å². The Kier molecular flexibility index (Phi) is 15.9. The van der Waals surface area contributed by atoms with Gasteiger partial charge < -0.3 is 17.6 Å². The number of nitrogens with zero attached hydrogens (tertiary/aromatic N) is 10. The molecule has 22 aromatic rings. The van der Waals surface area contributed by atoms with Crippen molar-refractivity contribution in [3.8, 4) is 145 Å². The van der Waals surface area contributed by atoms with Crippen LogP contribution in [0.3, 0.4) is 0 Å². The first kappa shape index (κ1) is 67.6. The zero-order valence-corrected chi connectivity index (χ0v) is 64.1. The molecule has 0 saturated carbocycles. The van der Waals surface area contributed by atoms with Crippen LogP contribution in [0.4, 0.5) is 0 Å². The third-order valence-electron chi connectivity index (χ3n) is 23.2. The van der Waals surface area contributed by atoms with Gasteiger partial charge in [-0.3, -0.25) is 9.97 Å². The molecule has 0 fully saturated rings. The predicted molar refractivity (Wildman–Crippen MR) is 477 cm³/mol. The van der Waals surface area contributed by atoms with Gasteiger partial charge in [0.15, 0.2) is 0 Å². The number of aromatic nitrogens is 10. The molecule has 12 aromatic carbocycles. The molecule has 10 nitrogen and oxygen atoms in total. The van der Waals surface area contributed by atoms with Gasteiger partial charge in [0.05, 0.1) is 34.2 Å². The largest absolute Gasteiger partial charge is 0.306 e. The molecule has 0 amide bonds. The minimum Gasteiger partial charge on any atom is -0.306 e. The fraction of sp³-hybridized carbons (Fsp3) is 0.0377. The number of imidazole rings is 4. The molecule has 116 heavy (non-hydrogen) atoms. The van der Waals surface area contributed by atoms with Crippen molar-refractivity contribution in [3.05, 3.63) is 388 Å². The molecule has 0 radical (unpaired) electrons. The van der Waals surface area contributed by atoms with Crippen molar-refractivity contribution in [2.24, 2.45) is 0 Å². The second-order valence-electron chi connectivity index (χ2n) is 30.7. The lowest BCUT2D eigenvalue weighted by Crippen LogP contribution is -1.94. The van der Waals surface area contributed by atoms with Gasteiger partial charge in [-0.15, -0.1) is 0 Å². The second kappa shape index (κ2) is 27.3. The van der Waals surface area contributed by atoms with Gasteiger partial charge in [0, 0.05) is 94.6 Å². The molecule has 0 aliphatic heterocycles. The Balaban J connectivity index is 0.624. The Hall–Kier alpha value is -15.3. The van der Waals surface area contributed by atoms with Crippen molar-refractivity contribution < 1.29 is 0 Å². The van der Waals surface area contributed by atoms with E-state index in [2.05, 4.69) is 370 Å². The number of fused-ring (bicyclic) bond motifs is 12. The third kappa shape index (κ3) is 11.8. The fourth-order valence-electron chi connectivity index (χ4n) is 17.8.